The molecule has 10 aromatic rings. The summed E-state index contributed by atoms with van der Waals surface area (Å²) in [6.07, 6.45) is 0. The van der Waals surface area contributed by atoms with Gasteiger partial charge in [-0.25, -0.2) is 0 Å². The molecule has 0 fully saturated rings. The summed E-state index contributed by atoms with van der Waals surface area (Å²) in [7, 11) is 0. The maximum absolute atomic E-state index is 6.82. The minimum atomic E-state index is 0.863. The highest BCUT2D eigenvalue weighted by Crippen LogP contribution is 2.49. The van der Waals surface area contributed by atoms with E-state index in [1.807, 2.05) is 6.07 Å². The number of ether oxygens (including phenoxy) is 1. The molecule has 1 aliphatic rings. The first-order chi connectivity index (χ1) is 25.3. The minimum absolute atomic E-state index is 0.863. The van der Waals surface area contributed by atoms with Crippen LogP contribution < -0.4 is 4.74 Å². The van der Waals surface area contributed by atoms with E-state index in [1.165, 1.54) is 60.3 Å². The van der Waals surface area contributed by atoms with Crippen LogP contribution in [0, 0.1) is 0 Å². The number of para-hydroxylation sites is 3. The molecule has 3 nitrogen and oxygen atoms in total. The summed E-state index contributed by atoms with van der Waals surface area (Å²) < 4.78 is 11.6. The van der Waals surface area contributed by atoms with Crippen LogP contribution in [0.15, 0.2) is 182 Å². The van der Waals surface area contributed by atoms with Gasteiger partial charge in [-0.15, -0.1) is 0 Å². The van der Waals surface area contributed by atoms with Crippen LogP contribution in [0.4, 0.5) is 0 Å². The van der Waals surface area contributed by atoms with E-state index in [-0.39, 0.29) is 0 Å². The predicted molar refractivity (Wildman–Crippen MR) is 212 cm³/mol. The lowest BCUT2D eigenvalue weighted by Crippen LogP contribution is -2.05. The average Bonchev–Trinajstić information content (AvgIpc) is 3.72. The maximum atomic E-state index is 6.82. The summed E-state index contributed by atoms with van der Waals surface area (Å²) in [5.41, 5.74) is 13.8. The van der Waals surface area contributed by atoms with E-state index in [0.29, 0.717) is 0 Å². The van der Waals surface area contributed by atoms with Gasteiger partial charge in [-0.05, 0) is 88.5 Å². The molecule has 0 unspecified atom stereocenters. The van der Waals surface area contributed by atoms with E-state index in [0.717, 1.165) is 39.5 Å². The van der Waals surface area contributed by atoms with Crippen molar-refractivity contribution in [1.29, 1.82) is 0 Å². The molecule has 8 aromatic carbocycles. The van der Waals surface area contributed by atoms with Crippen molar-refractivity contribution in [3.63, 3.8) is 0 Å². The number of rotatable bonds is 4. The zero-order valence-corrected chi connectivity index (χ0v) is 27.6. The van der Waals surface area contributed by atoms with E-state index in [9.17, 15) is 0 Å². The van der Waals surface area contributed by atoms with Crippen LogP contribution in [-0.4, -0.2) is 9.13 Å². The fourth-order valence-corrected chi connectivity index (χ4v) is 8.18. The average molecular weight is 651 g/mol. The maximum Gasteiger partial charge on any atom is 0.160 e. The summed E-state index contributed by atoms with van der Waals surface area (Å²) in [6.45, 7) is 0. The molecule has 3 heterocycles. The Kier molecular flexibility index (Phi) is 5.96. The number of aromatic nitrogens is 2. The standard InChI is InChI=1S/C48H30N2O/c1-3-12-31(13-4-1)33-22-26-43-40(29-33)41-30-34(32-14-5-2-6-15-32)23-27-44(41)49(43)36-17-11-16-35(28-36)37-24-25-39-38-18-7-8-19-42(38)50-45-20-9-10-21-46(45)51-48(37)47(39)50/h1-30H. The molecule has 0 N–H and O–H groups in total. The van der Waals surface area contributed by atoms with Gasteiger partial charge in [0.05, 0.1) is 27.8 Å². The molecule has 0 saturated carbocycles. The molecule has 238 valence electrons. The molecule has 0 spiro atoms. The molecule has 0 saturated heterocycles. The van der Waals surface area contributed by atoms with Crippen LogP contribution in [0.1, 0.15) is 0 Å². The van der Waals surface area contributed by atoms with Crippen molar-refractivity contribution in [3.8, 4) is 56.3 Å². The smallest absolute Gasteiger partial charge is 0.160 e. The van der Waals surface area contributed by atoms with Gasteiger partial charge >= 0.3 is 0 Å². The second-order valence-corrected chi connectivity index (χ2v) is 13.3. The summed E-state index contributed by atoms with van der Waals surface area (Å²) >= 11 is 0. The lowest BCUT2D eigenvalue weighted by molar-refractivity contribution is 0.478. The number of benzene rings is 8. The third-order valence-electron chi connectivity index (χ3n) is 10.5. The predicted octanol–water partition coefficient (Wildman–Crippen LogP) is 13.0. The second kappa shape index (κ2) is 10.8. The summed E-state index contributed by atoms with van der Waals surface area (Å²) in [5.74, 6) is 1.75. The summed E-state index contributed by atoms with van der Waals surface area (Å²) in [4.78, 5) is 0. The van der Waals surface area contributed by atoms with Gasteiger partial charge in [0.25, 0.3) is 0 Å². The quantitative estimate of drug-likeness (QED) is 0.185. The highest BCUT2D eigenvalue weighted by molar-refractivity contribution is 6.14. The van der Waals surface area contributed by atoms with Crippen LogP contribution in [-0.2, 0) is 0 Å². The normalized spacial score (nSPS) is 12.1. The molecule has 0 atom stereocenters. The van der Waals surface area contributed by atoms with Crippen molar-refractivity contribution in [1.82, 2.24) is 9.13 Å². The molecule has 51 heavy (non-hydrogen) atoms. The Morgan fingerprint density at radius 2 is 0.961 bits per heavy atom. The van der Waals surface area contributed by atoms with Gasteiger partial charge in [-0.2, -0.15) is 0 Å². The number of hydrogen-bond donors (Lipinski definition) is 0. The molecule has 0 amide bonds. The van der Waals surface area contributed by atoms with Crippen LogP contribution >= 0.6 is 0 Å². The Balaban J connectivity index is 1.14. The fourth-order valence-electron chi connectivity index (χ4n) is 8.18. The molecular formula is C48H30N2O. The van der Waals surface area contributed by atoms with Crippen molar-refractivity contribution in [3.05, 3.63) is 182 Å². The third-order valence-corrected chi connectivity index (χ3v) is 10.5. The molecule has 2 aromatic heterocycles. The van der Waals surface area contributed by atoms with Crippen LogP contribution in [0.25, 0.3) is 88.4 Å². The van der Waals surface area contributed by atoms with E-state index < -0.39 is 0 Å². The molecule has 0 aliphatic carbocycles. The second-order valence-electron chi connectivity index (χ2n) is 13.3. The molecule has 0 radical (unpaired) electrons. The van der Waals surface area contributed by atoms with Crippen LogP contribution in [0.3, 0.4) is 0 Å². The SMILES string of the molecule is c1ccc(-c2ccc3c(c2)c2cc(-c4ccccc4)ccc2n3-c2cccc(-c3ccc4c5ccccc5n5c4c3Oc3ccccc3-5)c2)cc1. The van der Waals surface area contributed by atoms with Gasteiger partial charge in [-0.1, -0.05) is 121 Å². The minimum Gasteiger partial charge on any atom is -0.452 e. The molecule has 11 rings (SSSR count). The Labute approximate surface area is 294 Å². The van der Waals surface area contributed by atoms with Crippen molar-refractivity contribution in [2.45, 2.75) is 0 Å². The monoisotopic (exact) mass is 650 g/mol. The van der Waals surface area contributed by atoms with Crippen LogP contribution in [0.2, 0.25) is 0 Å². The fraction of sp³-hybridized carbons (Fsp3) is 0. The van der Waals surface area contributed by atoms with Gasteiger partial charge in [0, 0.05) is 32.8 Å². The van der Waals surface area contributed by atoms with E-state index in [2.05, 4.69) is 185 Å². The molecule has 1 aliphatic heterocycles. The topological polar surface area (TPSA) is 19.1 Å². The third kappa shape index (κ3) is 4.19. The van der Waals surface area contributed by atoms with Crippen molar-refractivity contribution in [2.75, 3.05) is 0 Å². The largest absolute Gasteiger partial charge is 0.452 e. The van der Waals surface area contributed by atoms with Gasteiger partial charge in [0.15, 0.2) is 11.5 Å². The zero-order valence-electron chi connectivity index (χ0n) is 27.6. The van der Waals surface area contributed by atoms with Gasteiger partial charge in [0.1, 0.15) is 0 Å². The Bertz CT molecular complexity index is 2890. The number of nitrogens with zero attached hydrogens (tertiary/aromatic N) is 2. The van der Waals surface area contributed by atoms with Gasteiger partial charge in [-0.3, -0.25) is 0 Å². The summed E-state index contributed by atoms with van der Waals surface area (Å²) in [6, 6.07) is 65.4. The lowest BCUT2D eigenvalue weighted by atomic mass is 10.0. The highest BCUT2D eigenvalue weighted by atomic mass is 16.5. The number of hydrogen-bond acceptors (Lipinski definition) is 1. The van der Waals surface area contributed by atoms with Crippen molar-refractivity contribution in [2.24, 2.45) is 0 Å². The van der Waals surface area contributed by atoms with E-state index >= 15 is 0 Å². The van der Waals surface area contributed by atoms with Gasteiger partial charge < -0.3 is 13.9 Å². The molecule has 0 bridgehead atoms. The van der Waals surface area contributed by atoms with E-state index in [1.54, 1.807) is 0 Å². The zero-order chi connectivity index (χ0) is 33.5. The number of fused-ring (bicyclic) bond motifs is 8. The summed E-state index contributed by atoms with van der Waals surface area (Å²) in [5, 5.41) is 4.89. The first-order valence-electron chi connectivity index (χ1n) is 17.4. The molecule has 3 heteroatoms. The van der Waals surface area contributed by atoms with Crippen molar-refractivity contribution >= 4 is 43.6 Å². The Morgan fingerprint density at radius 1 is 0.353 bits per heavy atom. The first-order valence-corrected chi connectivity index (χ1v) is 17.4. The van der Waals surface area contributed by atoms with Crippen molar-refractivity contribution < 1.29 is 4.74 Å². The molecular weight excluding hydrogens is 621 g/mol. The first kappa shape index (κ1) is 28.0. The Morgan fingerprint density at radius 3 is 1.69 bits per heavy atom. The highest BCUT2D eigenvalue weighted by Gasteiger charge is 2.26. The van der Waals surface area contributed by atoms with Crippen LogP contribution in [0.5, 0.6) is 11.5 Å². The van der Waals surface area contributed by atoms with E-state index in [4.69, 9.17) is 4.74 Å². The Hall–Kier alpha value is -6.84. The lowest BCUT2D eigenvalue weighted by Gasteiger charge is -2.23. The van der Waals surface area contributed by atoms with Gasteiger partial charge in [0.2, 0.25) is 0 Å².